The second-order valence-electron chi connectivity index (χ2n) is 3.58. The van der Waals surface area contributed by atoms with E-state index in [1.807, 2.05) is 0 Å². The van der Waals surface area contributed by atoms with Crippen LogP contribution in [0.1, 0.15) is 22.8 Å². The van der Waals surface area contributed by atoms with Crippen molar-refractivity contribution in [3.8, 4) is 0 Å². The van der Waals surface area contributed by atoms with Crippen molar-refractivity contribution in [2.24, 2.45) is 5.73 Å². The number of amides is 1. The molecule has 0 bridgehead atoms. The van der Waals surface area contributed by atoms with E-state index in [0.717, 1.165) is 5.56 Å². The van der Waals surface area contributed by atoms with E-state index in [0.29, 0.717) is 12.2 Å². The van der Waals surface area contributed by atoms with Crippen LogP contribution in [0.25, 0.3) is 0 Å². The highest BCUT2D eigenvalue weighted by Crippen LogP contribution is 2.08. The third-order valence-electron chi connectivity index (χ3n) is 2.19. The Balaban J connectivity index is 2.66. The second-order valence-corrected chi connectivity index (χ2v) is 3.58. The summed E-state index contributed by atoms with van der Waals surface area (Å²) in [6, 6.07) is 6.75. The summed E-state index contributed by atoms with van der Waals surface area (Å²) in [7, 11) is 1.59. The Morgan fingerprint density at radius 2 is 1.88 bits per heavy atom. The Morgan fingerprint density at radius 3 is 2.35 bits per heavy atom. The van der Waals surface area contributed by atoms with Crippen LogP contribution in [0.15, 0.2) is 24.3 Å². The zero-order valence-electron chi connectivity index (χ0n) is 9.80. The van der Waals surface area contributed by atoms with Gasteiger partial charge in [0.05, 0.1) is 12.2 Å². The van der Waals surface area contributed by atoms with E-state index in [9.17, 15) is 9.59 Å². The predicted molar refractivity (Wildman–Crippen MR) is 61.2 cm³/mol. The lowest BCUT2D eigenvalue weighted by molar-refractivity contribution is -0.125. The maximum Gasteiger partial charge on any atom is 0.338 e. The van der Waals surface area contributed by atoms with Crippen molar-refractivity contribution in [1.29, 1.82) is 0 Å². The molecule has 1 aromatic carbocycles. The number of primary amides is 1. The summed E-state index contributed by atoms with van der Waals surface area (Å²) in [5.74, 6) is -1.24. The fourth-order valence-electron chi connectivity index (χ4n) is 1.19. The van der Waals surface area contributed by atoms with Crippen LogP contribution in [0.4, 0.5) is 0 Å². The van der Waals surface area contributed by atoms with Crippen molar-refractivity contribution in [3.63, 3.8) is 0 Å². The maximum atomic E-state index is 11.6. The van der Waals surface area contributed by atoms with Gasteiger partial charge in [-0.05, 0) is 24.6 Å². The van der Waals surface area contributed by atoms with Gasteiger partial charge in [-0.25, -0.2) is 4.79 Å². The normalized spacial score (nSPS) is 11.9. The van der Waals surface area contributed by atoms with Gasteiger partial charge in [-0.2, -0.15) is 0 Å². The molecule has 0 heterocycles. The fraction of sp³-hybridized carbons (Fsp3) is 0.333. The third kappa shape index (κ3) is 3.88. The van der Waals surface area contributed by atoms with Gasteiger partial charge in [-0.3, -0.25) is 4.79 Å². The summed E-state index contributed by atoms with van der Waals surface area (Å²) in [6.07, 6.45) is -0.929. The SMILES string of the molecule is COCc1ccc(C(=O)O[C@H](C)C(N)=O)cc1. The molecular formula is C12H15NO4. The maximum absolute atomic E-state index is 11.6. The number of methoxy groups -OCH3 is 1. The van der Waals surface area contributed by atoms with Gasteiger partial charge in [0.25, 0.3) is 5.91 Å². The van der Waals surface area contributed by atoms with Gasteiger partial charge in [0, 0.05) is 7.11 Å². The molecule has 0 aliphatic heterocycles. The van der Waals surface area contributed by atoms with Crippen LogP contribution in [0.5, 0.6) is 0 Å². The van der Waals surface area contributed by atoms with Crippen molar-refractivity contribution in [2.75, 3.05) is 7.11 Å². The lowest BCUT2D eigenvalue weighted by atomic mass is 10.1. The van der Waals surface area contributed by atoms with E-state index in [1.165, 1.54) is 6.92 Å². The lowest BCUT2D eigenvalue weighted by Gasteiger charge is -2.09. The molecule has 5 heteroatoms. The highest BCUT2D eigenvalue weighted by Gasteiger charge is 2.15. The fourth-order valence-corrected chi connectivity index (χ4v) is 1.19. The van der Waals surface area contributed by atoms with E-state index in [2.05, 4.69) is 0 Å². The average Bonchev–Trinajstić information content (AvgIpc) is 2.30. The van der Waals surface area contributed by atoms with Crippen molar-refractivity contribution in [2.45, 2.75) is 19.6 Å². The summed E-state index contributed by atoms with van der Waals surface area (Å²) in [6.45, 7) is 1.91. The Morgan fingerprint density at radius 1 is 1.29 bits per heavy atom. The first kappa shape index (κ1) is 13.2. The van der Waals surface area contributed by atoms with Crippen molar-refractivity contribution in [3.05, 3.63) is 35.4 Å². The monoisotopic (exact) mass is 237 g/mol. The van der Waals surface area contributed by atoms with Gasteiger partial charge in [0.2, 0.25) is 0 Å². The minimum Gasteiger partial charge on any atom is -0.449 e. The van der Waals surface area contributed by atoms with Crippen LogP contribution in [0.3, 0.4) is 0 Å². The first-order chi connectivity index (χ1) is 8.04. The number of hydrogen-bond acceptors (Lipinski definition) is 4. The number of nitrogens with two attached hydrogens (primary N) is 1. The first-order valence-electron chi connectivity index (χ1n) is 5.12. The number of benzene rings is 1. The highest BCUT2D eigenvalue weighted by atomic mass is 16.5. The summed E-state index contributed by atoms with van der Waals surface area (Å²) < 4.78 is 9.80. The van der Waals surface area contributed by atoms with Crippen molar-refractivity contribution < 1.29 is 19.1 Å². The Hall–Kier alpha value is -1.88. The van der Waals surface area contributed by atoms with E-state index in [-0.39, 0.29) is 0 Å². The van der Waals surface area contributed by atoms with E-state index in [1.54, 1.807) is 31.4 Å². The number of esters is 1. The van der Waals surface area contributed by atoms with Gasteiger partial charge in [-0.1, -0.05) is 12.1 Å². The molecule has 5 nitrogen and oxygen atoms in total. The van der Waals surface area contributed by atoms with Gasteiger partial charge in [-0.15, -0.1) is 0 Å². The van der Waals surface area contributed by atoms with E-state index >= 15 is 0 Å². The van der Waals surface area contributed by atoms with Crippen LogP contribution in [0, 0.1) is 0 Å². The molecule has 2 N–H and O–H groups in total. The van der Waals surface area contributed by atoms with Crippen LogP contribution in [-0.2, 0) is 20.9 Å². The number of carbonyl (C=O) groups excluding carboxylic acids is 2. The topological polar surface area (TPSA) is 78.6 Å². The molecule has 0 aromatic heterocycles. The van der Waals surface area contributed by atoms with Crippen LogP contribution in [-0.4, -0.2) is 25.1 Å². The summed E-state index contributed by atoms with van der Waals surface area (Å²) in [4.78, 5) is 22.3. The van der Waals surface area contributed by atoms with Crippen molar-refractivity contribution in [1.82, 2.24) is 0 Å². The Labute approximate surface area is 99.5 Å². The third-order valence-corrected chi connectivity index (χ3v) is 2.19. The zero-order chi connectivity index (χ0) is 12.8. The molecule has 0 fully saturated rings. The van der Waals surface area contributed by atoms with Crippen molar-refractivity contribution >= 4 is 11.9 Å². The van der Waals surface area contributed by atoms with Gasteiger partial charge >= 0.3 is 5.97 Å². The molecule has 0 saturated heterocycles. The number of hydrogen-bond donors (Lipinski definition) is 1. The Bertz CT molecular complexity index is 399. The molecule has 0 unspecified atom stereocenters. The predicted octanol–water partition coefficient (Wildman–Crippen LogP) is 0.864. The molecule has 0 spiro atoms. The molecule has 0 radical (unpaired) electrons. The van der Waals surface area contributed by atoms with Gasteiger partial charge in [0.1, 0.15) is 0 Å². The zero-order valence-corrected chi connectivity index (χ0v) is 9.80. The summed E-state index contributed by atoms with van der Waals surface area (Å²) >= 11 is 0. The second kappa shape index (κ2) is 6.00. The minimum atomic E-state index is -0.929. The standard InChI is InChI=1S/C12H15NO4/c1-8(11(13)14)17-12(15)10-5-3-9(4-6-10)7-16-2/h3-6,8H,7H2,1-2H3,(H2,13,14)/t8-/m1/s1. The summed E-state index contributed by atoms with van der Waals surface area (Å²) in [5.41, 5.74) is 6.32. The molecular weight excluding hydrogens is 222 g/mol. The molecule has 0 aliphatic rings. The number of rotatable bonds is 5. The first-order valence-corrected chi connectivity index (χ1v) is 5.12. The number of ether oxygens (including phenoxy) is 2. The molecule has 1 aromatic rings. The minimum absolute atomic E-state index is 0.373. The molecule has 0 aliphatic carbocycles. The summed E-state index contributed by atoms with van der Waals surface area (Å²) in [5, 5.41) is 0. The molecule has 17 heavy (non-hydrogen) atoms. The molecule has 0 saturated carbocycles. The number of carbonyl (C=O) groups is 2. The quantitative estimate of drug-likeness (QED) is 0.770. The molecule has 1 atom stereocenters. The lowest BCUT2D eigenvalue weighted by Crippen LogP contribution is -2.30. The Kier molecular flexibility index (Phi) is 4.66. The van der Waals surface area contributed by atoms with Crippen LogP contribution < -0.4 is 5.73 Å². The molecule has 1 amide bonds. The molecule has 92 valence electrons. The largest absolute Gasteiger partial charge is 0.449 e. The van der Waals surface area contributed by atoms with Crippen LogP contribution in [0.2, 0.25) is 0 Å². The van der Waals surface area contributed by atoms with E-state index in [4.69, 9.17) is 15.2 Å². The van der Waals surface area contributed by atoms with Gasteiger partial charge < -0.3 is 15.2 Å². The molecule has 1 rings (SSSR count). The van der Waals surface area contributed by atoms with Gasteiger partial charge in [0.15, 0.2) is 6.10 Å². The van der Waals surface area contributed by atoms with E-state index < -0.39 is 18.0 Å². The van der Waals surface area contributed by atoms with Crippen LogP contribution >= 0.6 is 0 Å². The average molecular weight is 237 g/mol. The highest BCUT2D eigenvalue weighted by molar-refractivity contribution is 5.91. The smallest absolute Gasteiger partial charge is 0.338 e.